The van der Waals surface area contributed by atoms with Crippen molar-refractivity contribution in [3.05, 3.63) is 35.5 Å². The van der Waals surface area contributed by atoms with Gasteiger partial charge in [-0.05, 0) is 24.4 Å². The van der Waals surface area contributed by atoms with Gasteiger partial charge in [-0.15, -0.1) is 0 Å². The van der Waals surface area contributed by atoms with Gasteiger partial charge in [0.1, 0.15) is 0 Å². The van der Waals surface area contributed by atoms with Crippen molar-refractivity contribution in [3.8, 4) is 0 Å². The molecule has 0 bridgehead atoms. The van der Waals surface area contributed by atoms with Gasteiger partial charge in [-0.3, -0.25) is 9.59 Å². The number of Topliss-reactive ketones (excluding diaryl/α,β-unsaturated/α-hetero) is 1. The summed E-state index contributed by atoms with van der Waals surface area (Å²) in [5.41, 5.74) is 2.61. The third-order valence-electron chi connectivity index (χ3n) is 2.64. The zero-order chi connectivity index (χ0) is 12.3. The number of carbonyl (C=O) groups is 2. The number of nitrogens with one attached hydrogen (secondary N) is 1. The summed E-state index contributed by atoms with van der Waals surface area (Å²) in [4.78, 5) is 24.5. The first-order valence-electron chi connectivity index (χ1n) is 5.38. The maximum absolute atomic E-state index is 11.2. The number of ether oxygens (including phenoxy) is 1. The van der Waals surface area contributed by atoms with Crippen LogP contribution in [0.15, 0.2) is 24.3 Å². The Balaban J connectivity index is 2.24. The minimum atomic E-state index is 0.0485. The third-order valence-corrected chi connectivity index (χ3v) is 2.64. The number of H-pyrrole nitrogens is 1. The minimum Gasteiger partial charge on any atom is -0.467 e. The van der Waals surface area contributed by atoms with E-state index in [1.165, 1.54) is 0 Å². The van der Waals surface area contributed by atoms with Crippen molar-refractivity contribution >= 4 is 23.2 Å². The number of hydrogen-bond donors (Lipinski definition) is 1. The molecule has 2 aromatic rings. The van der Waals surface area contributed by atoms with Gasteiger partial charge in [0.25, 0.3) is 6.47 Å². The molecule has 0 amide bonds. The van der Waals surface area contributed by atoms with Gasteiger partial charge in [0.15, 0.2) is 5.78 Å². The van der Waals surface area contributed by atoms with Gasteiger partial charge in [0.05, 0.1) is 6.61 Å². The fourth-order valence-electron chi connectivity index (χ4n) is 1.76. The SMILES string of the molecule is CC(=O)c1ccc2cc(CCOC=O)[nH]c2c1. The van der Waals surface area contributed by atoms with Gasteiger partial charge in [-0.25, -0.2) is 0 Å². The van der Waals surface area contributed by atoms with E-state index in [1.54, 1.807) is 6.92 Å². The van der Waals surface area contributed by atoms with E-state index in [9.17, 15) is 9.59 Å². The van der Waals surface area contributed by atoms with Crippen LogP contribution in [0.3, 0.4) is 0 Å². The molecule has 0 saturated heterocycles. The van der Waals surface area contributed by atoms with Crippen LogP contribution in [-0.4, -0.2) is 23.8 Å². The molecular formula is C13H13NO3. The molecule has 0 radical (unpaired) electrons. The first kappa shape index (κ1) is 11.4. The quantitative estimate of drug-likeness (QED) is 0.487. The second-order valence-corrected chi connectivity index (χ2v) is 3.87. The minimum absolute atomic E-state index is 0.0485. The maximum Gasteiger partial charge on any atom is 0.293 e. The Morgan fingerprint density at radius 1 is 1.41 bits per heavy atom. The standard InChI is InChI=1S/C13H13NO3/c1-9(16)10-2-3-11-6-12(4-5-17-8-15)14-13(11)7-10/h2-3,6-8,14H,4-5H2,1H3. The van der Waals surface area contributed by atoms with Crippen molar-refractivity contribution < 1.29 is 14.3 Å². The molecule has 4 nitrogen and oxygen atoms in total. The smallest absolute Gasteiger partial charge is 0.293 e. The van der Waals surface area contributed by atoms with Gasteiger partial charge in [-0.1, -0.05) is 12.1 Å². The molecule has 88 valence electrons. The number of fused-ring (bicyclic) bond motifs is 1. The molecule has 1 aromatic carbocycles. The second kappa shape index (κ2) is 4.82. The summed E-state index contributed by atoms with van der Waals surface area (Å²) in [5.74, 6) is 0.0485. The van der Waals surface area contributed by atoms with E-state index < -0.39 is 0 Å². The van der Waals surface area contributed by atoms with E-state index in [4.69, 9.17) is 0 Å². The summed E-state index contributed by atoms with van der Waals surface area (Å²) in [6.45, 7) is 2.34. The molecule has 17 heavy (non-hydrogen) atoms. The number of aromatic amines is 1. The van der Waals surface area contributed by atoms with Crippen molar-refractivity contribution in [1.82, 2.24) is 4.98 Å². The molecule has 2 rings (SSSR count). The normalized spacial score (nSPS) is 10.4. The average Bonchev–Trinajstić information content (AvgIpc) is 2.70. The van der Waals surface area contributed by atoms with Crippen LogP contribution in [0.5, 0.6) is 0 Å². The van der Waals surface area contributed by atoms with Crippen LogP contribution >= 0.6 is 0 Å². The predicted molar refractivity (Wildman–Crippen MR) is 64.0 cm³/mol. The molecule has 0 spiro atoms. The highest BCUT2D eigenvalue weighted by molar-refractivity contribution is 5.97. The molecule has 0 aliphatic carbocycles. The number of carbonyl (C=O) groups excluding carboxylic acids is 2. The topological polar surface area (TPSA) is 59.2 Å². The Morgan fingerprint density at radius 2 is 2.24 bits per heavy atom. The Kier molecular flexibility index (Phi) is 3.23. The van der Waals surface area contributed by atoms with Gasteiger partial charge in [-0.2, -0.15) is 0 Å². The summed E-state index contributed by atoms with van der Waals surface area (Å²) in [6.07, 6.45) is 0.642. The van der Waals surface area contributed by atoms with E-state index in [-0.39, 0.29) is 5.78 Å². The number of rotatable bonds is 5. The fourth-order valence-corrected chi connectivity index (χ4v) is 1.76. The first-order valence-corrected chi connectivity index (χ1v) is 5.38. The number of benzene rings is 1. The second-order valence-electron chi connectivity index (χ2n) is 3.87. The molecule has 1 aromatic heterocycles. The summed E-state index contributed by atoms with van der Waals surface area (Å²) in [5, 5.41) is 1.05. The van der Waals surface area contributed by atoms with Crippen molar-refractivity contribution in [3.63, 3.8) is 0 Å². The van der Waals surface area contributed by atoms with Crippen LogP contribution in [0.2, 0.25) is 0 Å². The van der Waals surface area contributed by atoms with E-state index in [1.807, 2.05) is 24.3 Å². The van der Waals surface area contributed by atoms with Gasteiger partial charge >= 0.3 is 0 Å². The molecule has 1 heterocycles. The highest BCUT2D eigenvalue weighted by atomic mass is 16.5. The summed E-state index contributed by atoms with van der Waals surface area (Å²) in [7, 11) is 0. The maximum atomic E-state index is 11.2. The van der Waals surface area contributed by atoms with E-state index in [0.717, 1.165) is 16.6 Å². The summed E-state index contributed by atoms with van der Waals surface area (Å²) < 4.78 is 4.64. The van der Waals surface area contributed by atoms with Gasteiger partial charge in [0, 0.05) is 23.2 Å². The summed E-state index contributed by atoms with van der Waals surface area (Å²) in [6, 6.07) is 7.55. The lowest BCUT2D eigenvalue weighted by Crippen LogP contribution is -1.96. The van der Waals surface area contributed by atoms with Crippen LogP contribution in [0, 0.1) is 0 Å². The lowest BCUT2D eigenvalue weighted by molar-refractivity contribution is -0.128. The number of hydrogen-bond acceptors (Lipinski definition) is 3. The van der Waals surface area contributed by atoms with Crippen LogP contribution in [-0.2, 0) is 16.0 Å². The Labute approximate surface area is 98.6 Å². The fraction of sp³-hybridized carbons (Fsp3) is 0.231. The van der Waals surface area contributed by atoms with Crippen molar-refractivity contribution in [2.75, 3.05) is 6.61 Å². The Hall–Kier alpha value is -2.10. The molecular weight excluding hydrogens is 218 g/mol. The Morgan fingerprint density at radius 3 is 2.94 bits per heavy atom. The molecule has 0 saturated carbocycles. The lowest BCUT2D eigenvalue weighted by Gasteiger charge is -1.95. The Bertz CT molecular complexity index is 557. The van der Waals surface area contributed by atoms with Crippen LogP contribution in [0.25, 0.3) is 10.9 Å². The zero-order valence-electron chi connectivity index (χ0n) is 9.53. The van der Waals surface area contributed by atoms with Crippen molar-refractivity contribution in [2.24, 2.45) is 0 Å². The number of aromatic nitrogens is 1. The van der Waals surface area contributed by atoms with E-state index in [2.05, 4.69) is 9.72 Å². The van der Waals surface area contributed by atoms with Crippen LogP contribution in [0.1, 0.15) is 23.0 Å². The predicted octanol–water partition coefficient (Wildman–Crippen LogP) is 2.09. The van der Waals surface area contributed by atoms with Crippen LogP contribution < -0.4 is 0 Å². The monoisotopic (exact) mass is 231 g/mol. The molecule has 1 N–H and O–H groups in total. The molecule has 0 unspecified atom stereocenters. The number of ketones is 1. The van der Waals surface area contributed by atoms with Gasteiger partial charge < -0.3 is 9.72 Å². The largest absolute Gasteiger partial charge is 0.467 e. The molecule has 0 atom stereocenters. The molecule has 0 aliphatic heterocycles. The molecule has 0 fully saturated rings. The first-order chi connectivity index (χ1) is 8.20. The highest BCUT2D eigenvalue weighted by Crippen LogP contribution is 2.17. The molecule has 4 heteroatoms. The molecule has 0 aliphatic rings. The van der Waals surface area contributed by atoms with E-state index in [0.29, 0.717) is 25.1 Å². The highest BCUT2D eigenvalue weighted by Gasteiger charge is 2.04. The van der Waals surface area contributed by atoms with Crippen molar-refractivity contribution in [2.45, 2.75) is 13.3 Å². The lowest BCUT2D eigenvalue weighted by atomic mass is 10.1. The van der Waals surface area contributed by atoms with Crippen LogP contribution in [0.4, 0.5) is 0 Å². The zero-order valence-corrected chi connectivity index (χ0v) is 9.53. The summed E-state index contributed by atoms with van der Waals surface area (Å²) >= 11 is 0. The van der Waals surface area contributed by atoms with Gasteiger partial charge in [0.2, 0.25) is 0 Å². The van der Waals surface area contributed by atoms with Crippen molar-refractivity contribution in [1.29, 1.82) is 0 Å². The average molecular weight is 231 g/mol. The van der Waals surface area contributed by atoms with E-state index >= 15 is 0 Å². The third kappa shape index (κ3) is 2.53.